The number of nitrogens with two attached hydrogens (primary N) is 1. The maximum absolute atomic E-state index is 6.27. The predicted molar refractivity (Wildman–Crippen MR) is 81.4 cm³/mol. The monoisotopic (exact) mass is 263 g/mol. The highest BCUT2D eigenvalue weighted by Gasteiger charge is 2.09. The summed E-state index contributed by atoms with van der Waals surface area (Å²) in [6.45, 7) is 0. The molecule has 0 spiro atoms. The molecule has 0 aliphatic heterocycles. The highest BCUT2D eigenvalue weighted by atomic mass is 14.7. The first-order valence-electron chi connectivity index (χ1n) is 6.81. The molecule has 1 atom stereocenters. The van der Waals surface area contributed by atoms with Crippen LogP contribution in [0, 0.1) is 0 Å². The van der Waals surface area contributed by atoms with Gasteiger partial charge in [0, 0.05) is 35.9 Å². The Morgan fingerprint density at radius 2 is 1.70 bits per heavy atom. The third-order valence-corrected chi connectivity index (χ3v) is 3.42. The van der Waals surface area contributed by atoms with Gasteiger partial charge in [0.2, 0.25) is 0 Å². The van der Waals surface area contributed by atoms with Crippen molar-refractivity contribution >= 4 is 10.9 Å². The first-order chi connectivity index (χ1) is 9.83. The van der Waals surface area contributed by atoms with E-state index in [0.717, 1.165) is 24.1 Å². The van der Waals surface area contributed by atoms with Crippen molar-refractivity contribution in [2.24, 2.45) is 5.73 Å². The third-order valence-electron chi connectivity index (χ3n) is 3.42. The molecular formula is C17H17N3. The maximum Gasteiger partial charge on any atom is 0.0704 e. The van der Waals surface area contributed by atoms with Crippen LogP contribution in [0.4, 0.5) is 0 Å². The fourth-order valence-corrected chi connectivity index (χ4v) is 2.48. The first kappa shape index (κ1) is 12.8. The molecule has 0 bridgehead atoms. The van der Waals surface area contributed by atoms with Crippen LogP contribution < -0.4 is 5.73 Å². The van der Waals surface area contributed by atoms with E-state index in [2.05, 4.69) is 22.1 Å². The summed E-state index contributed by atoms with van der Waals surface area (Å²) in [5.41, 5.74) is 9.58. The zero-order chi connectivity index (χ0) is 13.8. The van der Waals surface area contributed by atoms with E-state index >= 15 is 0 Å². The standard InChI is InChI=1S/C17H17N3/c18-14(12-15-5-3-4-9-19-15)11-13-8-10-20-17-7-2-1-6-16(13)17/h1-10,14H,11-12,18H2. The number of fused-ring (bicyclic) bond motifs is 1. The highest BCUT2D eigenvalue weighted by Crippen LogP contribution is 2.18. The van der Waals surface area contributed by atoms with Gasteiger partial charge in [-0.1, -0.05) is 24.3 Å². The molecule has 0 amide bonds. The van der Waals surface area contributed by atoms with Crippen molar-refractivity contribution in [3.05, 3.63) is 72.2 Å². The largest absolute Gasteiger partial charge is 0.327 e. The van der Waals surface area contributed by atoms with Crippen molar-refractivity contribution < 1.29 is 0 Å². The van der Waals surface area contributed by atoms with Crippen molar-refractivity contribution in [2.45, 2.75) is 18.9 Å². The Hall–Kier alpha value is -2.26. The highest BCUT2D eigenvalue weighted by molar-refractivity contribution is 5.81. The average Bonchev–Trinajstić information content (AvgIpc) is 2.48. The summed E-state index contributed by atoms with van der Waals surface area (Å²) >= 11 is 0. The summed E-state index contributed by atoms with van der Waals surface area (Å²) in [6, 6.07) is 16.2. The summed E-state index contributed by atoms with van der Waals surface area (Å²) in [5, 5.41) is 1.19. The molecule has 0 saturated heterocycles. The van der Waals surface area contributed by atoms with Crippen LogP contribution in [0.5, 0.6) is 0 Å². The lowest BCUT2D eigenvalue weighted by molar-refractivity contribution is 0.656. The SMILES string of the molecule is NC(Cc1ccccn1)Cc1ccnc2ccccc12. The van der Waals surface area contributed by atoms with E-state index in [1.807, 2.05) is 48.8 Å². The number of rotatable bonds is 4. The fourth-order valence-electron chi connectivity index (χ4n) is 2.48. The summed E-state index contributed by atoms with van der Waals surface area (Å²) in [4.78, 5) is 8.71. The topological polar surface area (TPSA) is 51.8 Å². The second-order valence-corrected chi connectivity index (χ2v) is 4.98. The molecule has 3 rings (SSSR count). The van der Waals surface area contributed by atoms with Crippen LogP contribution in [0.3, 0.4) is 0 Å². The van der Waals surface area contributed by atoms with Crippen LogP contribution in [0.25, 0.3) is 10.9 Å². The van der Waals surface area contributed by atoms with Gasteiger partial charge in [0.05, 0.1) is 5.52 Å². The van der Waals surface area contributed by atoms with E-state index in [1.54, 1.807) is 0 Å². The number of benzene rings is 1. The number of nitrogens with zero attached hydrogens (tertiary/aromatic N) is 2. The quantitative estimate of drug-likeness (QED) is 0.787. The summed E-state index contributed by atoms with van der Waals surface area (Å²) in [6.07, 6.45) is 5.28. The summed E-state index contributed by atoms with van der Waals surface area (Å²) in [7, 11) is 0. The number of aromatic nitrogens is 2. The Morgan fingerprint density at radius 3 is 2.55 bits per heavy atom. The molecule has 2 heterocycles. The Bertz CT molecular complexity index is 689. The summed E-state index contributed by atoms with van der Waals surface area (Å²) < 4.78 is 0. The minimum atomic E-state index is 0.0655. The first-order valence-corrected chi connectivity index (χ1v) is 6.81. The summed E-state index contributed by atoms with van der Waals surface area (Å²) in [5.74, 6) is 0. The predicted octanol–water partition coefficient (Wildman–Crippen LogP) is 2.74. The van der Waals surface area contributed by atoms with Crippen molar-refractivity contribution in [3.63, 3.8) is 0 Å². The second-order valence-electron chi connectivity index (χ2n) is 4.98. The Balaban J connectivity index is 1.79. The second kappa shape index (κ2) is 5.80. The molecule has 3 heteroatoms. The van der Waals surface area contributed by atoms with Gasteiger partial charge in [0.15, 0.2) is 0 Å². The van der Waals surface area contributed by atoms with Crippen LogP contribution in [0.15, 0.2) is 60.9 Å². The molecule has 2 N–H and O–H groups in total. The Kier molecular flexibility index (Phi) is 3.70. The number of hydrogen-bond donors (Lipinski definition) is 1. The van der Waals surface area contributed by atoms with Crippen LogP contribution in [0.1, 0.15) is 11.3 Å². The number of hydrogen-bond acceptors (Lipinski definition) is 3. The molecule has 2 aromatic heterocycles. The molecule has 0 fully saturated rings. The van der Waals surface area contributed by atoms with Gasteiger partial charge in [0.1, 0.15) is 0 Å². The minimum Gasteiger partial charge on any atom is -0.327 e. The lowest BCUT2D eigenvalue weighted by atomic mass is 9.99. The van der Waals surface area contributed by atoms with Crippen LogP contribution in [-0.4, -0.2) is 16.0 Å². The third kappa shape index (κ3) is 2.83. The lowest BCUT2D eigenvalue weighted by Crippen LogP contribution is -2.26. The number of para-hydroxylation sites is 1. The van der Waals surface area contributed by atoms with E-state index in [1.165, 1.54) is 10.9 Å². The molecule has 0 saturated carbocycles. The molecule has 20 heavy (non-hydrogen) atoms. The smallest absolute Gasteiger partial charge is 0.0704 e. The van der Waals surface area contributed by atoms with Crippen molar-refractivity contribution in [1.29, 1.82) is 0 Å². The van der Waals surface area contributed by atoms with Gasteiger partial charge >= 0.3 is 0 Å². The Morgan fingerprint density at radius 1 is 0.850 bits per heavy atom. The zero-order valence-electron chi connectivity index (χ0n) is 11.2. The van der Waals surface area contributed by atoms with Crippen LogP contribution in [0.2, 0.25) is 0 Å². The molecule has 0 aliphatic carbocycles. The van der Waals surface area contributed by atoms with E-state index < -0.39 is 0 Å². The van der Waals surface area contributed by atoms with Crippen molar-refractivity contribution in [1.82, 2.24) is 9.97 Å². The molecule has 0 radical (unpaired) electrons. The average molecular weight is 263 g/mol. The van der Waals surface area contributed by atoms with Gasteiger partial charge in [0.25, 0.3) is 0 Å². The van der Waals surface area contributed by atoms with Crippen molar-refractivity contribution in [3.8, 4) is 0 Å². The fraction of sp³-hybridized carbons (Fsp3) is 0.176. The molecule has 1 unspecified atom stereocenters. The molecule has 3 aromatic rings. The van der Waals surface area contributed by atoms with Gasteiger partial charge in [-0.15, -0.1) is 0 Å². The molecular weight excluding hydrogens is 246 g/mol. The van der Waals surface area contributed by atoms with Gasteiger partial charge in [-0.3, -0.25) is 9.97 Å². The van der Waals surface area contributed by atoms with Gasteiger partial charge in [-0.2, -0.15) is 0 Å². The van der Waals surface area contributed by atoms with E-state index in [-0.39, 0.29) is 6.04 Å². The normalized spacial score (nSPS) is 12.4. The maximum atomic E-state index is 6.27. The van der Waals surface area contributed by atoms with Gasteiger partial charge < -0.3 is 5.73 Å². The van der Waals surface area contributed by atoms with Crippen molar-refractivity contribution in [2.75, 3.05) is 0 Å². The van der Waals surface area contributed by atoms with Gasteiger partial charge in [-0.05, 0) is 36.2 Å². The molecule has 100 valence electrons. The molecule has 0 aliphatic rings. The lowest BCUT2D eigenvalue weighted by Gasteiger charge is -2.12. The molecule has 1 aromatic carbocycles. The van der Waals surface area contributed by atoms with Crippen LogP contribution >= 0.6 is 0 Å². The zero-order valence-corrected chi connectivity index (χ0v) is 11.2. The molecule has 3 nitrogen and oxygen atoms in total. The van der Waals surface area contributed by atoms with E-state index in [0.29, 0.717) is 0 Å². The van der Waals surface area contributed by atoms with E-state index in [4.69, 9.17) is 5.73 Å². The number of pyridine rings is 2. The van der Waals surface area contributed by atoms with Gasteiger partial charge in [-0.25, -0.2) is 0 Å². The van der Waals surface area contributed by atoms with Crippen LogP contribution in [-0.2, 0) is 12.8 Å². The Labute approximate surface area is 118 Å². The minimum absolute atomic E-state index is 0.0655. The van der Waals surface area contributed by atoms with E-state index in [9.17, 15) is 0 Å².